The highest BCUT2D eigenvalue weighted by atomic mass is 16.5. The van der Waals surface area contributed by atoms with Crippen molar-refractivity contribution in [3.63, 3.8) is 0 Å². The van der Waals surface area contributed by atoms with Crippen molar-refractivity contribution in [1.82, 2.24) is 10.2 Å². The molecule has 4 N–H and O–H groups in total. The van der Waals surface area contributed by atoms with Gasteiger partial charge in [-0.05, 0) is 86.5 Å². The molecule has 4 fully saturated rings. The average Bonchev–Trinajstić information content (AvgIpc) is 3.61. The highest BCUT2D eigenvalue weighted by molar-refractivity contribution is 5.93. The highest BCUT2D eigenvalue weighted by Crippen LogP contribution is 2.67. The van der Waals surface area contributed by atoms with E-state index in [2.05, 4.69) is 12.2 Å². The Morgan fingerprint density at radius 3 is 2.47 bits per heavy atom. The fourth-order valence-corrected chi connectivity index (χ4v) is 9.93. The van der Waals surface area contributed by atoms with Crippen LogP contribution in [-0.4, -0.2) is 92.5 Å². The number of carboxylic acids is 1. The lowest BCUT2D eigenvalue weighted by molar-refractivity contribution is -0.184. The van der Waals surface area contributed by atoms with Crippen LogP contribution in [-0.2, 0) is 33.5 Å². The van der Waals surface area contributed by atoms with Gasteiger partial charge in [0.05, 0.1) is 12.5 Å². The van der Waals surface area contributed by atoms with Gasteiger partial charge < -0.3 is 30.3 Å². The first-order chi connectivity index (χ1) is 22.0. The lowest BCUT2D eigenvalue weighted by atomic mass is 9.45. The van der Waals surface area contributed by atoms with E-state index in [1.165, 1.54) is 4.90 Å². The number of esters is 1. The molecule has 0 aromatic carbocycles. The van der Waals surface area contributed by atoms with E-state index >= 15 is 0 Å². The first-order valence-electron chi connectivity index (χ1n) is 17.2. The third kappa shape index (κ3) is 6.16. The van der Waals surface area contributed by atoms with Gasteiger partial charge in [0.15, 0.2) is 12.4 Å². The van der Waals surface area contributed by atoms with Crippen molar-refractivity contribution >= 4 is 35.3 Å². The Morgan fingerprint density at radius 2 is 1.79 bits per heavy atom. The van der Waals surface area contributed by atoms with Gasteiger partial charge in [0.2, 0.25) is 17.6 Å². The van der Waals surface area contributed by atoms with Crippen LogP contribution in [0.3, 0.4) is 0 Å². The Balaban J connectivity index is 1.15. The number of carbonyl (C=O) groups is 6. The minimum Gasteiger partial charge on any atom is -0.480 e. The van der Waals surface area contributed by atoms with E-state index in [0.29, 0.717) is 38.6 Å². The van der Waals surface area contributed by atoms with Crippen LogP contribution in [0.25, 0.3) is 0 Å². The van der Waals surface area contributed by atoms with E-state index in [0.717, 1.165) is 18.4 Å². The zero-order chi connectivity index (χ0) is 34.5. The largest absolute Gasteiger partial charge is 0.480 e. The van der Waals surface area contributed by atoms with Crippen LogP contribution >= 0.6 is 0 Å². The number of amides is 2. The number of aliphatic hydroxyl groups excluding tert-OH is 1. The maximum Gasteiger partial charge on any atom is 0.326 e. The minimum atomic E-state index is -1.78. The molecule has 4 aliphatic carbocycles. The molecule has 2 amide bonds. The molecule has 9 atom stereocenters. The van der Waals surface area contributed by atoms with E-state index in [1.54, 1.807) is 19.9 Å². The van der Waals surface area contributed by atoms with Gasteiger partial charge in [-0.2, -0.15) is 0 Å². The Morgan fingerprint density at radius 1 is 1.06 bits per heavy atom. The van der Waals surface area contributed by atoms with Gasteiger partial charge in [-0.25, -0.2) is 4.79 Å². The van der Waals surface area contributed by atoms with Crippen molar-refractivity contribution in [2.24, 2.45) is 34.5 Å². The zero-order valence-electron chi connectivity index (χ0n) is 28.0. The number of ether oxygens (including phenoxy) is 1. The summed E-state index contributed by atoms with van der Waals surface area (Å²) >= 11 is 0. The summed E-state index contributed by atoms with van der Waals surface area (Å²) < 4.78 is 5.24. The number of aliphatic hydroxyl groups is 2. The second-order valence-electron chi connectivity index (χ2n) is 15.4. The molecule has 0 aromatic heterocycles. The first-order valence-corrected chi connectivity index (χ1v) is 17.2. The number of hydrogen-bond donors (Lipinski definition) is 4. The Hall–Kier alpha value is -3.12. The summed E-state index contributed by atoms with van der Waals surface area (Å²) in [7, 11) is 0. The summed E-state index contributed by atoms with van der Waals surface area (Å²) in [6.07, 6.45) is 4.97. The standard InChI is InChI=1S/C35H50N2O10/c1-19(2)30(31(43)37-15-5-6-24(37)32(44)45)36-27(41)9-10-28(42)47-18-26(40)35(46)14-12-23-22-8-7-20-16-21(38)11-13-33(20,3)29(22)25(39)17-34(23,35)4/h16,19,22-25,29-30,39,46H,5-15,17-18H2,1-4H3,(H,36,41)(H,44,45)/t22-,23-,24-,25-,29+,30+,33-,34-,35-/m0/s1. The zero-order valence-corrected chi connectivity index (χ0v) is 28.0. The van der Waals surface area contributed by atoms with Crippen LogP contribution in [0, 0.1) is 34.5 Å². The predicted molar refractivity (Wildman–Crippen MR) is 167 cm³/mol. The number of rotatable bonds is 10. The molecule has 0 radical (unpaired) electrons. The molecule has 12 nitrogen and oxygen atoms in total. The van der Waals surface area contributed by atoms with Gasteiger partial charge >= 0.3 is 11.9 Å². The van der Waals surface area contributed by atoms with Crippen LogP contribution in [0.2, 0.25) is 0 Å². The SMILES string of the molecule is CC(C)[C@@H](NC(=O)CCC(=O)OCC(=O)[C@@]1(O)CC[C@H]2[C@@H]3CCC4=CC(=O)CC[C@]4(C)[C@H]3[C@@H](O)C[C@@]21C)C(=O)N1CCC[C@H]1C(=O)O. The van der Waals surface area contributed by atoms with Crippen LogP contribution in [0.1, 0.15) is 98.3 Å². The smallest absolute Gasteiger partial charge is 0.326 e. The number of hydrogen-bond acceptors (Lipinski definition) is 9. The molecule has 1 heterocycles. The lowest BCUT2D eigenvalue weighted by Gasteiger charge is -2.60. The number of nitrogens with zero attached hydrogens (tertiary/aromatic N) is 1. The molecule has 47 heavy (non-hydrogen) atoms. The third-order valence-electron chi connectivity index (χ3n) is 12.5. The second-order valence-corrected chi connectivity index (χ2v) is 15.4. The minimum absolute atomic E-state index is 0.0109. The number of carboxylic acid groups (broad SMARTS) is 1. The Bertz CT molecular complexity index is 1360. The number of likely N-dealkylation sites (tertiary alicyclic amines) is 1. The van der Waals surface area contributed by atoms with Crippen LogP contribution in [0.5, 0.6) is 0 Å². The molecular formula is C35H50N2O10. The number of fused-ring (bicyclic) bond motifs is 5. The topological polar surface area (TPSA) is 188 Å². The number of Topliss-reactive ketones (excluding diaryl/α,β-unsaturated/α-hetero) is 1. The summed E-state index contributed by atoms with van der Waals surface area (Å²) in [5, 5.41) is 35.5. The van der Waals surface area contributed by atoms with Crippen molar-refractivity contribution in [2.75, 3.05) is 13.2 Å². The van der Waals surface area contributed by atoms with Crippen LogP contribution in [0.4, 0.5) is 0 Å². The molecular weight excluding hydrogens is 608 g/mol. The highest BCUT2D eigenvalue weighted by Gasteiger charge is 2.68. The molecule has 0 spiro atoms. The summed E-state index contributed by atoms with van der Waals surface area (Å²) in [6.45, 7) is 7.11. The van der Waals surface area contributed by atoms with Gasteiger partial charge in [-0.1, -0.05) is 33.3 Å². The Kier molecular flexibility index (Phi) is 9.78. The summed E-state index contributed by atoms with van der Waals surface area (Å²) in [5.74, 6) is -3.75. The number of allylic oxidation sites excluding steroid dienone is 1. The van der Waals surface area contributed by atoms with Crippen molar-refractivity contribution in [1.29, 1.82) is 0 Å². The first kappa shape index (κ1) is 35.2. The normalized spacial score (nSPS) is 36.9. The van der Waals surface area contributed by atoms with Gasteiger partial charge in [-0.15, -0.1) is 0 Å². The van der Waals surface area contributed by atoms with E-state index in [1.807, 2.05) is 6.92 Å². The third-order valence-corrected chi connectivity index (χ3v) is 12.5. The molecule has 260 valence electrons. The van der Waals surface area contributed by atoms with E-state index in [4.69, 9.17) is 4.74 Å². The molecule has 1 aliphatic heterocycles. The van der Waals surface area contributed by atoms with Crippen molar-refractivity contribution in [2.45, 2.75) is 122 Å². The number of ketones is 2. The summed E-state index contributed by atoms with van der Waals surface area (Å²) in [4.78, 5) is 76.9. The van der Waals surface area contributed by atoms with Gasteiger partial charge in [0.1, 0.15) is 17.7 Å². The van der Waals surface area contributed by atoms with Gasteiger partial charge in [-0.3, -0.25) is 24.0 Å². The monoisotopic (exact) mass is 658 g/mol. The van der Waals surface area contributed by atoms with Crippen LogP contribution in [0.15, 0.2) is 11.6 Å². The average molecular weight is 659 g/mol. The van der Waals surface area contributed by atoms with E-state index < -0.39 is 65.3 Å². The molecule has 0 bridgehead atoms. The van der Waals surface area contributed by atoms with Crippen molar-refractivity contribution < 1.29 is 48.8 Å². The maximum absolute atomic E-state index is 13.5. The van der Waals surface area contributed by atoms with Crippen molar-refractivity contribution in [3.05, 3.63) is 11.6 Å². The predicted octanol–water partition coefficient (Wildman–Crippen LogP) is 2.33. The molecule has 5 aliphatic rings. The van der Waals surface area contributed by atoms with Crippen molar-refractivity contribution in [3.8, 4) is 0 Å². The Labute approximate surface area is 275 Å². The van der Waals surface area contributed by atoms with Crippen LogP contribution < -0.4 is 5.32 Å². The molecule has 12 heteroatoms. The fourth-order valence-electron chi connectivity index (χ4n) is 9.93. The lowest BCUT2D eigenvalue weighted by Crippen LogP contribution is -2.62. The van der Waals surface area contributed by atoms with Gasteiger partial charge in [0.25, 0.3) is 0 Å². The molecule has 5 rings (SSSR count). The second kappa shape index (κ2) is 13.1. The summed E-state index contributed by atoms with van der Waals surface area (Å²) in [6, 6.07) is -1.88. The fraction of sp³-hybridized carbons (Fsp3) is 0.771. The molecule has 3 saturated carbocycles. The quantitative estimate of drug-likeness (QED) is 0.254. The molecule has 1 saturated heterocycles. The summed E-state index contributed by atoms with van der Waals surface area (Å²) in [5.41, 5.74) is -1.88. The van der Waals surface area contributed by atoms with E-state index in [-0.39, 0.29) is 60.6 Å². The molecule has 0 aromatic rings. The molecule has 0 unspecified atom stereocenters. The van der Waals surface area contributed by atoms with E-state index in [9.17, 15) is 44.1 Å². The number of aliphatic carboxylic acids is 1. The number of nitrogens with one attached hydrogen (secondary N) is 1. The number of carbonyl (C=O) groups excluding carboxylic acids is 5. The van der Waals surface area contributed by atoms with Gasteiger partial charge in [0, 0.05) is 24.8 Å². The maximum atomic E-state index is 13.5.